The quantitative estimate of drug-likeness (QED) is 0.607. The maximum absolute atomic E-state index is 8.90. The van der Waals surface area contributed by atoms with Crippen LogP contribution >= 0.6 is 11.8 Å². The molecule has 3 nitrogen and oxygen atoms in total. The largest absolute Gasteiger partial charge is 0.496 e. The Labute approximate surface area is 94.6 Å². The van der Waals surface area contributed by atoms with Crippen molar-refractivity contribution in [3.05, 3.63) is 23.3 Å². The maximum atomic E-state index is 8.90. The first-order valence-electron chi connectivity index (χ1n) is 4.76. The number of nitrogens with two attached hydrogens (primary N) is 1. The fourth-order valence-corrected chi connectivity index (χ4v) is 2.12. The highest BCUT2D eigenvalue weighted by atomic mass is 32.2. The summed E-state index contributed by atoms with van der Waals surface area (Å²) in [5.41, 5.74) is 8.06. The van der Waals surface area contributed by atoms with Gasteiger partial charge in [0.2, 0.25) is 0 Å². The molecule has 1 aromatic rings. The Morgan fingerprint density at radius 3 is 2.53 bits per heavy atom. The summed E-state index contributed by atoms with van der Waals surface area (Å²) in [4.78, 5) is 0.974. The van der Waals surface area contributed by atoms with E-state index in [1.54, 1.807) is 7.11 Å². The molecular weight excluding hydrogens is 210 g/mol. The molecule has 15 heavy (non-hydrogen) atoms. The Morgan fingerprint density at radius 1 is 1.40 bits per heavy atom. The van der Waals surface area contributed by atoms with Gasteiger partial charge in [-0.25, -0.2) is 0 Å². The number of thioether (sulfide) groups is 1. The SMILES string of the molecule is COc1cc(C)c(C)cc1SC(N)CO. The average Bonchev–Trinajstić information content (AvgIpc) is 2.22. The van der Waals surface area contributed by atoms with Crippen LogP contribution in [-0.4, -0.2) is 24.2 Å². The summed E-state index contributed by atoms with van der Waals surface area (Å²) in [6, 6.07) is 4.02. The van der Waals surface area contributed by atoms with Gasteiger partial charge in [0, 0.05) is 0 Å². The van der Waals surface area contributed by atoms with E-state index < -0.39 is 0 Å². The lowest BCUT2D eigenvalue weighted by molar-refractivity contribution is 0.296. The first kappa shape index (κ1) is 12.4. The lowest BCUT2D eigenvalue weighted by atomic mass is 10.1. The molecule has 0 aliphatic carbocycles. The van der Waals surface area contributed by atoms with E-state index in [9.17, 15) is 0 Å². The molecule has 0 bridgehead atoms. The number of hydrogen-bond donors (Lipinski definition) is 2. The zero-order valence-corrected chi connectivity index (χ0v) is 10.1. The molecule has 0 aliphatic rings. The number of aryl methyl sites for hydroxylation is 2. The van der Waals surface area contributed by atoms with Crippen LogP contribution in [0, 0.1) is 13.8 Å². The molecule has 3 N–H and O–H groups in total. The molecule has 0 aliphatic heterocycles. The van der Waals surface area contributed by atoms with Gasteiger partial charge in [-0.3, -0.25) is 0 Å². The third-order valence-electron chi connectivity index (χ3n) is 2.24. The van der Waals surface area contributed by atoms with Crippen molar-refractivity contribution >= 4 is 11.8 Å². The number of rotatable bonds is 4. The Bertz CT molecular complexity index is 342. The molecule has 1 atom stereocenters. The Balaban J connectivity index is 2.99. The van der Waals surface area contributed by atoms with Crippen LogP contribution in [0.1, 0.15) is 11.1 Å². The predicted molar refractivity (Wildman–Crippen MR) is 63.4 cm³/mol. The van der Waals surface area contributed by atoms with E-state index >= 15 is 0 Å². The van der Waals surface area contributed by atoms with Crippen LogP contribution in [0.4, 0.5) is 0 Å². The number of aliphatic hydroxyl groups excluding tert-OH is 1. The smallest absolute Gasteiger partial charge is 0.132 e. The molecule has 0 spiro atoms. The van der Waals surface area contributed by atoms with Crippen molar-refractivity contribution in [3.8, 4) is 5.75 Å². The molecule has 0 radical (unpaired) electrons. The van der Waals surface area contributed by atoms with Crippen molar-refractivity contribution in [2.24, 2.45) is 5.73 Å². The molecule has 0 saturated heterocycles. The minimum atomic E-state index is -0.305. The van der Waals surface area contributed by atoms with Gasteiger partial charge >= 0.3 is 0 Å². The van der Waals surface area contributed by atoms with Crippen molar-refractivity contribution in [1.82, 2.24) is 0 Å². The van der Waals surface area contributed by atoms with Gasteiger partial charge < -0.3 is 15.6 Å². The fourth-order valence-electron chi connectivity index (χ4n) is 1.22. The van der Waals surface area contributed by atoms with E-state index in [1.165, 1.54) is 22.9 Å². The summed E-state index contributed by atoms with van der Waals surface area (Å²) in [7, 11) is 1.64. The highest BCUT2D eigenvalue weighted by Gasteiger charge is 2.10. The molecule has 0 heterocycles. The molecule has 84 valence electrons. The summed E-state index contributed by atoms with van der Waals surface area (Å²) < 4.78 is 5.27. The molecule has 4 heteroatoms. The van der Waals surface area contributed by atoms with Crippen LogP contribution < -0.4 is 10.5 Å². The summed E-state index contributed by atoms with van der Waals surface area (Å²) in [5, 5.41) is 8.59. The summed E-state index contributed by atoms with van der Waals surface area (Å²) in [6.45, 7) is 4.04. The Kier molecular flexibility index (Phi) is 4.45. The van der Waals surface area contributed by atoms with Gasteiger partial charge in [0.05, 0.1) is 24.0 Å². The molecule has 0 amide bonds. The number of ether oxygens (including phenoxy) is 1. The fraction of sp³-hybridized carbons (Fsp3) is 0.455. The summed E-state index contributed by atoms with van der Waals surface area (Å²) in [5.74, 6) is 0.812. The molecule has 0 fully saturated rings. The van der Waals surface area contributed by atoms with Gasteiger partial charge in [-0.05, 0) is 37.1 Å². The van der Waals surface area contributed by atoms with Gasteiger partial charge in [-0.2, -0.15) is 0 Å². The second-order valence-corrected chi connectivity index (χ2v) is 4.71. The zero-order valence-electron chi connectivity index (χ0n) is 9.28. The van der Waals surface area contributed by atoms with E-state index in [4.69, 9.17) is 15.6 Å². The van der Waals surface area contributed by atoms with Gasteiger partial charge in [-0.1, -0.05) is 0 Å². The first-order valence-corrected chi connectivity index (χ1v) is 5.64. The highest BCUT2D eigenvalue weighted by molar-refractivity contribution is 8.00. The van der Waals surface area contributed by atoms with Crippen molar-refractivity contribution in [1.29, 1.82) is 0 Å². The Morgan fingerprint density at radius 2 is 2.00 bits per heavy atom. The van der Waals surface area contributed by atoms with Crippen LogP contribution in [0.25, 0.3) is 0 Å². The molecular formula is C11H17NO2S. The number of methoxy groups -OCH3 is 1. The third kappa shape index (κ3) is 3.12. The van der Waals surface area contributed by atoms with Gasteiger partial charge in [0.25, 0.3) is 0 Å². The third-order valence-corrected chi connectivity index (χ3v) is 3.26. The van der Waals surface area contributed by atoms with E-state index in [1.807, 2.05) is 26.0 Å². The normalized spacial score (nSPS) is 12.6. The summed E-state index contributed by atoms with van der Waals surface area (Å²) in [6.07, 6.45) is 0. The van der Waals surface area contributed by atoms with E-state index in [2.05, 4.69) is 0 Å². The topological polar surface area (TPSA) is 55.5 Å². The van der Waals surface area contributed by atoms with Crippen LogP contribution in [0.5, 0.6) is 5.75 Å². The maximum Gasteiger partial charge on any atom is 0.132 e. The minimum absolute atomic E-state index is 0.0409. The minimum Gasteiger partial charge on any atom is -0.496 e. The molecule has 1 aromatic carbocycles. The zero-order chi connectivity index (χ0) is 11.4. The van der Waals surface area contributed by atoms with Crippen LogP contribution in [-0.2, 0) is 0 Å². The van der Waals surface area contributed by atoms with Crippen LogP contribution in [0.2, 0.25) is 0 Å². The standard InChI is InChI=1S/C11H17NO2S/c1-7-4-9(14-3)10(5-8(7)2)15-11(12)6-13/h4-5,11,13H,6,12H2,1-3H3. The van der Waals surface area contributed by atoms with Crippen LogP contribution in [0.3, 0.4) is 0 Å². The summed E-state index contributed by atoms with van der Waals surface area (Å²) >= 11 is 1.42. The second kappa shape index (κ2) is 5.39. The van der Waals surface area contributed by atoms with E-state index in [-0.39, 0.29) is 12.0 Å². The van der Waals surface area contributed by atoms with Gasteiger partial charge in [-0.15, -0.1) is 11.8 Å². The molecule has 1 rings (SSSR count). The molecule has 0 aromatic heterocycles. The highest BCUT2D eigenvalue weighted by Crippen LogP contribution is 2.33. The van der Waals surface area contributed by atoms with Crippen molar-refractivity contribution in [3.63, 3.8) is 0 Å². The number of aliphatic hydroxyl groups is 1. The van der Waals surface area contributed by atoms with Crippen LogP contribution in [0.15, 0.2) is 17.0 Å². The lowest BCUT2D eigenvalue weighted by Gasteiger charge is -2.13. The predicted octanol–water partition coefficient (Wildman–Crippen LogP) is 1.68. The average molecular weight is 227 g/mol. The second-order valence-electron chi connectivity index (χ2n) is 3.43. The first-order chi connectivity index (χ1) is 7.08. The molecule has 1 unspecified atom stereocenters. The monoisotopic (exact) mass is 227 g/mol. The molecule has 0 saturated carbocycles. The number of benzene rings is 1. The van der Waals surface area contributed by atoms with E-state index in [0.717, 1.165) is 10.6 Å². The van der Waals surface area contributed by atoms with Crippen molar-refractivity contribution in [2.75, 3.05) is 13.7 Å². The van der Waals surface area contributed by atoms with Gasteiger partial charge in [0.15, 0.2) is 0 Å². The van der Waals surface area contributed by atoms with Crippen molar-refractivity contribution in [2.45, 2.75) is 24.1 Å². The van der Waals surface area contributed by atoms with Crippen molar-refractivity contribution < 1.29 is 9.84 Å². The lowest BCUT2D eigenvalue weighted by Crippen LogP contribution is -2.19. The Hall–Kier alpha value is -0.710. The van der Waals surface area contributed by atoms with Gasteiger partial charge in [0.1, 0.15) is 5.75 Å². The number of hydrogen-bond acceptors (Lipinski definition) is 4. The van der Waals surface area contributed by atoms with E-state index in [0.29, 0.717) is 0 Å².